The van der Waals surface area contributed by atoms with Crippen LogP contribution in [0.15, 0.2) is 42.7 Å². The van der Waals surface area contributed by atoms with E-state index in [4.69, 9.17) is 0 Å². The van der Waals surface area contributed by atoms with Crippen LogP contribution in [0.5, 0.6) is 0 Å². The highest BCUT2D eigenvalue weighted by atomic mass is 16.2. The molecule has 2 aliphatic rings. The van der Waals surface area contributed by atoms with E-state index in [1.165, 1.54) is 6.42 Å². The van der Waals surface area contributed by atoms with Crippen molar-refractivity contribution < 1.29 is 4.79 Å². The topological polar surface area (TPSA) is 71.3 Å². The summed E-state index contributed by atoms with van der Waals surface area (Å²) in [6, 6.07) is 10.3. The minimum Gasteiger partial charge on any atom is -0.325 e. The molecule has 3 atom stereocenters. The Balaban J connectivity index is 1.42. The lowest BCUT2D eigenvalue weighted by Gasteiger charge is -2.14. The Morgan fingerprint density at radius 3 is 3.08 bits per heavy atom. The predicted octanol–water partition coefficient (Wildman–Crippen LogP) is 2.39. The third-order valence-corrected chi connectivity index (χ3v) is 5.22. The van der Waals surface area contributed by atoms with Crippen molar-refractivity contribution in [1.82, 2.24) is 19.9 Å². The van der Waals surface area contributed by atoms with Gasteiger partial charge in [0, 0.05) is 23.5 Å². The third-order valence-electron chi connectivity index (χ3n) is 5.22. The molecule has 1 aliphatic heterocycles. The molecule has 3 aromatic rings. The van der Waals surface area contributed by atoms with Crippen LogP contribution in [0.25, 0.3) is 16.9 Å². The number of anilines is 1. The number of hydrogen-bond donors (Lipinski definition) is 2. The monoisotopic (exact) mass is 333 g/mol. The van der Waals surface area contributed by atoms with Crippen molar-refractivity contribution in [3.63, 3.8) is 0 Å². The Hall–Kier alpha value is -2.73. The number of piperidine rings is 1. The van der Waals surface area contributed by atoms with Crippen LogP contribution < -0.4 is 10.6 Å². The quantitative estimate of drug-likeness (QED) is 0.772. The van der Waals surface area contributed by atoms with E-state index in [0.717, 1.165) is 28.8 Å². The Bertz CT molecular complexity index is 969. The normalized spacial score (nSPS) is 24.3. The van der Waals surface area contributed by atoms with E-state index in [-0.39, 0.29) is 11.9 Å². The minimum atomic E-state index is -0.0685. The number of nitrogens with zero attached hydrogens (tertiary/aromatic N) is 3. The summed E-state index contributed by atoms with van der Waals surface area (Å²) in [5.74, 6) is 1.40. The van der Waals surface area contributed by atoms with Gasteiger partial charge < -0.3 is 10.6 Å². The van der Waals surface area contributed by atoms with Gasteiger partial charge in [-0.15, -0.1) is 5.10 Å². The summed E-state index contributed by atoms with van der Waals surface area (Å²) in [5.41, 5.74) is 3.74. The molecule has 1 amide bonds. The minimum absolute atomic E-state index is 0.0452. The van der Waals surface area contributed by atoms with E-state index >= 15 is 0 Å². The number of benzene rings is 1. The van der Waals surface area contributed by atoms with Crippen LogP contribution in [-0.2, 0) is 4.79 Å². The van der Waals surface area contributed by atoms with E-state index < -0.39 is 0 Å². The van der Waals surface area contributed by atoms with Gasteiger partial charge in [0.1, 0.15) is 0 Å². The molecular weight excluding hydrogens is 314 g/mol. The van der Waals surface area contributed by atoms with Crippen LogP contribution in [0.1, 0.15) is 18.4 Å². The second kappa shape index (κ2) is 5.39. The zero-order chi connectivity index (χ0) is 17.0. The van der Waals surface area contributed by atoms with Crippen LogP contribution in [0.4, 0.5) is 5.69 Å². The molecule has 126 valence electrons. The van der Waals surface area contributed by atoms with Crippen LogP contribution in [0.2, 0.25) is 0 Å². The molecule has 1 saturated carbocycles. The number of aryl methyl sites for hydroxylation is 1. The van der Waals surface area contributed by atoms with Crippen LogP contribution in [0, 0.1) is 12.8 Å². The van der Waals surface area contributed by atoms with Crippen LogP contribution >= 0.6 is 0 Å². The molecule has 6 heteroatoms. The molecule has 0 radical (unpaired) electrons. The smallest absolute Gasteiger partial charge is 0.241 e. The maximum atomic E-state index is 12.4. The molecule has 2 aromatic heterocycles. The molecule has 1 aliphatic carbocycles. The van der Waals surface area contributed by atoms with Gasteiger partial charge in [-0.1, -0.05) is 6.07 Å². The highest BCUT2D eigenvalue weighted by Crippen LogP contribution is 2.40. The lowest BCUT2D eigenvalue weighted by molar-refractivity contribution is -0.118. The molecule has 1 aromatic carbocycles. The Labute approximate surface area is 145 Å². The summed E-state index contributed by atoms with van der Waals surface area (Å²) in [4.78, 5) is 16.9. The van der Waals surface area contributed by atoms with Gasteiger partial charge in [0.25, 0.3) is 0 Å². The first-order valence-corrected chi connectivity index (χ1v) is 8.66. The molecule has 6 nitrogen and oxygen atoms in total. The average Bonchev–Trinajstić information content (AvgIpc) is 3.03. The second-order valence-electron chi connectivity index (χ2n) is 7.04. The average molecular weight is 333 g/mol. The van der Waals surface area contributed by atoms with Crippen molar-refractivity contribution in [2.24, 2.45) is 5.92 Å². The third kappa shape index (κ3) is 2.59. The molecule has 1 saturated heterocycles. The summed E-state index contributed by atoms with van der Waals surface area (Å²) in [6.45, 7) is 2.02. The van der Waals surface area contributed by atoms with Gasteiger partial charge in [0.15, 0.2) is 5.82 Å². The van der Waals surface area contributed by atoms with Crippen molar-refractivity contribution in [3.05, 3.63) is 48.3 Å². The maximum Gasteiger partial charge on any atom is 0.241 e. The van der Waals surface area contributed by atoms with Gasteiger partial charge in [-0.05, 0) is 55.5 Å². The van der Waals surface area contributed by atoms with Crippen molar-refractivity contribution in [3.8, 4) is 11.4 Å². The van der Waals surface area contributed by atoms with E-state index in [2.05, 4.69) is 20.7 Å². The van der Waals surface area contributed by atoms with Gasteiger partial charge in [0.05, 0.1) is 17.8 Å². The Kier molecular flexibility index (Phi) is 3.15. The molecule has 0 unspecified atom stereocenters. The van der Waals surface area contributed by atoms with Gasteiger partial charge >= 0.3 is 0 Å². The van der Waals surface area contributed by atoms with Crippen LogP contribution in [-0.4, -0.2) is 32.6 Å². The van der Waals surface area contributed by atoms with Gasteiger partial charge in [0.2, 0.25) is 5.91 Å². The molecule has 0 bridgehead atoms. The zero-order valence-electron chi connectivity index (χ0n) is 13.9. The first-order valence-electron chi connectivity index (χ1n) is 8.66. The predicted molar refractivity (Wildman–Crippen MR) is 95.2 cm³/mol. The number of hydrogen-bond acceptors (Lipinski definition) is 4. The van der Waals surface area contributed by atoms with Crippen molar-refractivity contribution in [2.75, 3.05) is 5.32 Å². The van der Waals surface area contributed by atoms with Crippen molar-refractivity contribution >= 4 is 17.1 Å². The first-order chi connectivity index (χ1) is 12.2. The number of carbonyl (C=O) groups is 1. The van der Waals surface area contributed by atoms with Gasteiger partial charge in [-0.25, -0.2) is 9.50 Å². The number of aromatic nitrogens is 3. The molecule has 2 N–H and O–H groups in total. The lowest BCUT2D eigenvalue weighted by Crippen LogP contribution is -2.37. The molecule has 3 heterocycles. The van der Waals surface area contributed by atoms with Crippen molar-refractivity contribution in [1.29, 1.82) is 0 Å². The van der Waals surface area contributed by atoms with E-state index in [9.17, 15) is 4.79 Å². The summed E-state index contributed by atoms with van der Waals surface area (Å²) >= 11 is 0. The van der Waals surface area contributed by atoms with Gasteiger partial charge in [-0.3, -0.25) is 4.79 Å². The molecule has 5 rings (SSSR count). The second-order valence-corrected chi connectivity index (χ2v) is 7.04. The lowest BCUT2D eigenvalue weighted by atomic mass is 10.1. The zero-order valence-corrected chi connectivity index (χ0v) is 13.9. The largest absolute Gasteiger partial charge is 0.325 e. The van der Waals surface area contributed by atoms with E-state index in [1.807, 2.05) is 54.2 Å². The van der Waals surface area contributed by atoms with Crippen LogP contribution in [0.3, 0.4) is 0 Å². The fourth-order valence-corrected chi connectivity index (χ4v) is 3.65. The summed E-state index contributed by atoms with van der Waals surface area (Å²) < 4.78 is 1.81. The first kappa shape index (κ1) is 14.6. The van der Waals surface area contributed by atoms with Crippen molar-refractivity contribution in [2.45, 2.75) is 31.8 Å². The summed E-state index contributed by atoms with van der Waals surface area (Å²) in [7, 11) is 0. The van der Waals surface area contributed by atoms with E-state index in [1.54, 1.807) is 0 Å². The van der Waals surface area contributed by atoms with Gasteiger partial charge in [-0.2, -0.15) is 0 Å². The fourth-order valence-electron chi connectivity index (χ4n) is 3.65. The number of carbonyl (C=O) groups excluding carboxylic acids is 1. The molecular formula is C19H19N5O. The SMILES string of the molecule is Cc1ccc(NC(=O)[C@@H]2C[C@@H]3C[C@@H]3N2)cc1-c1ncc2cccn2n1. The molecule has 0 spiro atoms. The Morgan fingerprint density at radius 1 is 1.32 bits per heavy atom. The summed E-state index contributed by atoms with van der Waals surface area (Å²) in [6.07, 6.45) is 5.88. The standard InChI is InChI=1S/C19H19N5O/c1-11-4-5-13(21-19(25)17-8-12-7-16(12)22-17)9-15(11)18-20-10-14-3-2-6-24(14)23-18/h2-6,9-10,12,16-17,22H,7-8H2,1H3,(H,21,25)/t12-,16-,17-/m0/s1. The fraction of sp³-hybridized carbons (Fsp3) is 0.316. The number of amides is 1. The number of rotatable bonds is 3. The molecule has 2 fully saturated rings. The summed E-state index contributed by atoms with van der Waals surface area (Å²) in [5, 5.41) is 11.0. The Morgan fingerprint density at radius 2 is 2.24 bits per heavy atom. The molecule has 25 heavy (non-hydrogen) atoms. The highest BCUT2D eigenvalue weighted by Gasteiger charge is 2.47. The highest BCUT2D eigenvalue weighted by molar-refractivity contribution is 5.95. The number of nitrogens with one attached hydrogen (secondary N) is 2. The van der Waals surface area contributed by atoms with E-state index in [0.29, 0.717) is 17.8 Å². The number of fused-ring (bicyclic) bond motifs is 2. The maximum absolute atomic E-state index is 12.4.